The van der Waals surface area contributed by atoms with Gasteiger partial charge in [0.25, 0.3) is 0 Å². The first-order chi connectivity index (χ1) is 8.74. The van der Waals surface area contributed by atoms with Gasteiger partial charge in [-0.05, 0) is 45.1 Å². The van der Waals surface area contributed by atoms with Crippen molar-refractivity contribution in [3.8, 4) is 0 Å². The van der Waals surface area contributed by atoms with Crippen LogP contribution in [0.3, 0.4) is 0 Å². The van der Waals surface area contributed by atoms with E-state index in [9.17, 15) is 4.79 Å². The smallest absolute Gasteiger partial charge is 0.220 e. The highest BCUT2D eigenvalue weighted by Crippen LogP contribution is 2.34. The number of piperidine rings is 1. The number of amides is 1. The van der Waals surface area contributed by atoms with Crippen LogP contribution in [0.1, 0.15) is 51.4 Å². The second kappa shape index (κ2) is 6.53. The Morgan fingerprint density at radius 3 is 2.78 bits per heavy atom. The second-order valence-electron chi connectivity index (χ2n) is 5.70. The molecule has 0 aromatic carbocycles. The van der Waals surface area contributed by atoms with Gasteiger partial charge in [-0.25, -0.2) is 0 Å². The zero-order chi connectivity index (χ0) is 12.8. The molecule has 1 heterocycles. The number of hydrogen-bond acceptors (Lipinski definition) is 3. The second-order valence-corrected chi connectivity index (χ2v) is 5.70. The molecule has 18 heavy (non-hydrogen) atoms. The quantitative estimate of drug-likeness (QED) is 0.757. The number of carbonyl (C=O) groups excluding carboxylic acids is 1. The molecule has 1 saturated carbocycles. The van der Waals surface area contributed by atoms with Gasteiger partial charge in [-0.15, -0.1) is 0 Å². The Hall–Kier alpha value is -0.610. The molecule has 2 N–H and O–H groups in total. The topological polar surface area (TPSA) is 50.4 Å². The van der Waals surface area contributed by atoms with Crippen LogP contribution in [-0.2, 0) is 9.53 Å². The first-order valence-corrected chi connectivity index (χ1v) is 7.29. The van der Waals surface area contributed by atoms with Crippen LogP contribution in [-0.4, -0.2) is 37.7 Å². The van der Waals surface area contributed by atoms with Crippen molar-refractivity contribution in [2.24, 2.45) is 0 Å². The Bertz CT molecular complexity index is 265. The van der Waals surface area contributed by atoms with Crippen molar-refractivity contribution >= 4 is 5.91 Å². The average molecular weight is 254 g/mol. The van der Waals surface area contributed by atoms with Crippen LogP contribution in [0.15, 0.2) is 0 Å². The van der Waals surface area contributed by atoms with E-state index in [-0.39, 0.29) is 11.5 Å². The lowest BCUT2D eigenvalue weighted by Gasteiger charge is -2.40. The number of methoxy groups -OCH3 is 1. The maximum Gasteiger partial charge on any atom is 0.220 e. The van der Waals surface area contributed by atoms with Crippen molar-refractivity contribution in [1.82, 2.24) is 10.6 Å². The van der Waals surface area contributed by atoms with Gasteiger partial charge in [-0.3, -0.25) is 4.79 Å². The van der Waals surface area contributed by atoms with E-state index >= 15 is 0 Å². The maximum atomic E-state index is 11.8. The van der Waals surface area contributed by atoms with E-state index in [1.165, 1.54) is 25.7 Å². The van der Waals surface area contributed by atoms with Crippen molar-refractivity contribution in [3.63, 3.8) is 0 Å². The summed E-state index contributed by atoms with van der Waals surface area (Å²) in [4.78, 5) is 11.8. The molecule has 1 aliphatic heterocycles. The molecule has 1 aliphatic carbocycles. The average Bonchev–Trinajstić information content (AvgIpc) is 2.37. The molecular weight excluding hydrogens is 228 g/mol. The van der Waals surface area contributed by atoms with E-state index in [1.54, 1.807) is 7.11 Å². The summed E-state index contributed by atoms with van der Waals surface area (Å²) >= 11 is 0. The van der Waals surface area contributed by atoms with Gasteiger partial charge in [0.1, 0.15) is 0 Å². The van der Waals surface area contributed by atoms with Crippen LogP contribution in [0, 0.1) is 0 Å². The number of rotatable bonds is 6. The predicted octanol–water partition coefficient (Wildman–Crippen LogP) is 1.59. The fraction of sp³-hybridized carbons (Fsp3) is 0.929. The Balaban J connectivity index is 1.59. The van der Waals surface area contributed by atoms with Crippen LogP contribution in [0.5, 0.6) is 0 Å². The largest absolute Gasteiger partial charge is 0.376 e. The van der Waals surface area contributed by atoms with E-state index in [4.69, 9.17) is 4.74 Å². The van der Waals surface area contributed by atoms with Crippen molar-refractivity contribution in [2.75, 3.05) is 20.2 Å². The third-order valence-corrected chi connectivity index (χ3v) is 4.44. The number of ether oxygens (including phenoxy) is 1. The highest BCUT2D eigenvalue weighted by molar-refractivity contribution is 5.76. The number of nitrogens with one attached hydrogen (secondary N) is 2. The zero-order valence-corrected chi connectivity index (χ0v) is 11.5. The molecular formula is C14H26N2O2. The van der Waals surface area contributed by atoms with Crippen LogP contribution in [0.2, 0.25) is 0 Å². The molecule has 1 atom stereocenters. The first kappa shape index (κ1) is 13.8. The Kier molecular flexibility index (Phi) is 5.01. The van der Waals surface area contributed by atoms with E-state index in [1.807, 2.05) is 0 Å². The Labute approximate surface area is 110 Å². The number of hydrogen-bond donors (Lipinski definition) is 2. The summed E-state index contributed by atoms with van der Waals surface area (Å²) in [7, 11) is 1.75. The fourth-order valence-electron chi connectivity index (χ4n) is 2.85. The van der Waals surface area contributed by atoms with Gasteiger partial charge in [-0.1, -0.05) is 6.42 Å². The molecule has 0 bridgehead atoms. The van der Waals surface area contributed by atoms with Gasteiger partial charge < -0.3 is 15.4 Å². The molecule has 2 fully saturated rings. The SMILES string of the molecule is COC1(CNC(=O)CCC2CCCCN2)CCC1. The Morgan fingerprint density at radius 2 is 2.22 bits per heavy atom. The minimum Gasteiger partial charge on any atom is -0.376 e. The van der Waals surface area contributed by atoms with Gasteiger partial charge >= 0.3 is 0 Å². The maximum absolute atomic E-state index is 11.8. The zero-order valence-electron chi connectivity index (χ0n) is 11.5. The molecule has 0 aromatic heterocycles. The third-order valence-electron chi connectivity index (χ3n) is 4.44. The third kappa shape index (κ3) is 3.69. The lowest BCUT2D eigenvalue weighted by atomic mass is 9.80. The predicted molar refractivity (Wildman–Crippen MR) is 71.5 cm³/mol. The highest BCUT2D eigenvalue weighted by atomic mass is 16.5. The van der Waals surface area contributed by atoms with Crippen molar-refractivity contribution < 1.29 is 9.53 Å². The van der Waals surface area contributed by atoms with E-state index in [0.29, 0.717) is 19.0 Å². The van der Waals surface area contributed by atoms with E-state index in [2.05, 4.69) is 10.6 Å². The molecule has 104 valence electrons. The molecule has 1 unspecified atom stereocenters. The summed E-state index contributed by atoms with van der Waals surface area (Å²) in [5, 5.41) is 6.50. The number of carbonyl (C=O) groups is 1. The van der Waals surface area contributed by atoms with Gasteiger partial charge in [0.2, 0.25) is 5.91 Å². The summed E-state index contributed by atoms with van der Waals surface area (Å²) in [6.45, 7) is 1.79. The minimum atomic E-state index is -0.0568. The summed E-state index contributed by atoms with van der Waals surface area (Å²) in [6.07, 6.45) is 8.77. The van der Waals surface area contributed by atoms with Crippen LogP contribution >= 0.6 is 0 Å². The molecule has 2 rings (SSSR count). The van der Waals surface area contributed by atoms with E-state index in [0.717, 1.165) is 25.8 Å². The summed E-state index contributed by atoms with van der Waals surface area (Å²) in [6, 6.07) is 0.546. The molecule has 4 nitrogen and oxygen atoms in total. The highest BCUT2D eigenvalue weighted by Gasteiger charge is 2.37. The van der Waals surface area contributed by atoms with Crippen molar-refractivity contribution in [2.45, 2.75) is 63.0 Å². The van der Waals surface area contributed by atoms with Gasteiger partial charge in [0.05, 0.1) is 5.60 Å². The monoisotopic (exact) mass is 254 g/mol. The van der Waals surface area contributed by atoms with Crippen LogP contribution in [0.25, 0.3) is 0 Å². The molecule has 4 heteroatoms. The summed E-state index contributed by atoms with van der Waals surface area (Å²) < 4.78 is 5.49. The lowest BCUT2D eigenvalue weighted by molar-refractivity contribution is -0.125. The first-order valence-electron chi connectivity index (χ1n) is 7.29. The van der Waals surface area contributed by atoms with Crippen molar-refractivity contribution in [1.29, 1.82) is 0 Å². The summed E-state index contributed by atoms with van der Waals surface area (Å²) in [5.74, 6) is 0.172. The van der Waals surface area contributed by atoms with Crippen LogP contribution in [0.4, 0.5) is 0 Å². The molecule has 1 saturated heterocycles. The lowest BCUT2D eigenvalue weighted by Crippen LogP contribution is -2.49. The van der Waals surface area contributed by atoms with Gasteiger partial charge in [-0.2, -0.15) is 0 Å². The van der Waals surface area contributed by atoms with Crippen molar-refractivity contribution in [3.05, 3.63) is 0 Å². The van der Waals surface area contributed by atoms with Crippen LogP contribution < -0.4 is 10.6 Å². The molecule has 0 radical (unpaired) electrons. The Morgan fingerprint density at radius 1 is 1.39 bits per heavy atom. The fourth-order valence-corrected chi connectivity index (χ4v) is 2.85. The standard InChI is InChI=1S/C14H26N2O2/c1-18-14(8-4-9-14)11-16-13(17)7-6-12-5-2-3-10-15-12/h12,15H,2-11H2,1H3,(H,16,17). The van der Waals surface area contributed by atoms with E-state index < -0.39 is 0 Å². The molecule has 0 aromatic rings. The normalized spacial score (nSPS) is 26.4. The molecule has 2 aliphatic rings. The molecule has 1 amide bonds. The van der Waals surface area contributed by atoms with Gasteiger partial charge in [0, 0.05) is 26.1 Å². The minimum absolute atomic E-state index is 0.0568. The van der Waals surface area contributed by atoms with Gasteiger partial charge in [0.15, 0.2) is 0 Å². The molecule has 0 spiro atoms. The summed E-state index contributed by atoms with van der Waals surface area (Å²) in [5.41, 5.74) is -0.0568.